The highest BCUT2D eigenvalue weighted by molar-refractivity contribution is 7.11. The number of hydrogen-bond acceptors (Lipinski definition) is 4. The number of nitrogens with one attached hydrogen (secondary N) is 1. The molecular weight excluding hydrogens is 248 g/mol. The van der Waals surface area contributed by atoms with Crippen molar-refractivity contribution in [2.24, 2.45) is 7.05 Å². The predicted octanol–water partition coefficient (Wildman–Crippen LogP) is 1.98. The zero-order valence-corrected chi connectivity index (χ0v) is 11.7. The molecule has 0 aliphatic heterocycles. The standard InChI is InChI=1S/C12H16N4OS/c1-7-11(18-9(3)13-7)8(2)14-12(17)10-5-6-16(4)15-10/h5-6,8H,1-4H3,(H,14,17). The highest BCUT2D eigenvalue weighted by atomic mass is 32.1. The Labute approximate surface area is 110 Å². The van der Waals surface area contributed by atoms with Gasteiger partial charge in [0.1, 0.15) is 5.69 Å². The lowest BCUT2D eigenvalue weighted by Gasteiger charge is -2.11. The highest BCUT2D eigenvalue weighted by Crippen LogP contribution is 2.24. The number of carbonyl (C=O) groups is 1. The Bertz CT molecular complexity index is 572. The van der Waals surface area contributed by atoms with Crippen LogP contribution in [0.4, 0.5) is 0 Å². The molecule has 1 N–H and O–H groups in total. The summed E-state index contributed by atoms with van der Waals surface area (Å²) in [7, 11) is 1.79. The number of aromatic nitrogens is 3. The van der Waals surface area contributed by atoms with Crippen LogP contribution in [-0.2, 0) is 7.05 Å². The summed E-state index contributed by atoms with van der Waals surface area (Å²) in [4.78, 5) is 17.4. The Kier molecular flexibility index (Phi) is 3.47. The van der Waals surface area contributed by atoms with Gasteiger partial charge < -0.3 is 5.32 Å². The number of thiazole rings is 1. The van der Waals surface area contributed by atoms with Crippen LogP contribution in [0.3, 0.4) is 0 Å². The van der Waals surface area contributed by atoms with Gasteiger partial charge in [0.2, 0.25) is 0 Å². The summed E-state index contributed by atoms with van der Waals surface area (Å²) < 4.78 is 1.61. The first-order chi connectivity index (χ1) is 8.47. The molecule has 0 aromatic carbocycles. The van der Waals surface area contributed by atoms with Gasteiger partial charge in [-0.05, 0) is 26.8 Å². The molecule has 1 atom stereocenters. The molecule has 96 valence electrons. The second-order valence-corrected chi connectivity index (χ2v) is 5.49. The van der Waals surface area contributed by atoms with Gasteiger partial charge in [-0.3, -0.25) is 9.48 Å². The van der Waals surface area contributed by atoms with Crippen LogP contribution in [0.1, 0.15) is 39.0 Å². The summed E-state index contributed by atoms with van der Waals surface area (Å²) in [6.07, 6.45) is 1.75. The number of nitrogens with zero attached hydrogens (tertiary/aromatic N) is 3. The number of amides is 1. The summed E-state index contributed by atoms with van der Waals surface area (Å²) in [6.45, 7) is 5.89. The predicted molar refractivity (Wildman–Crippen MR) is 70.7 cm³/mol. The zero-order valence-electron chi connectivity index (χ0n) is 10.9. The molecule has 0 spiro atoms. The molecule has 5 nitrogen and oxygen atoms in total. The highest BCUT2D eigenvalue weighted by Gasteiger charge is 2.17. The van der Waals surface area contributed by atoms with Gasteiger partial charge in [0.15, 0.2) is 0 Å². The maximum absolute atomic E-state index is 12.0. The summed E-state index contributed by atoms with van der Waals surface area (Å²) >= 11 is 1.61. The van der Waals surface area contributed by atoms with Crippen molar-refractivity contribution >= 4 is 17.2 Å². The van der Waals surface area contributed by atoms with E-state index in [9.17, 15) is 4.79 Å². The molecule has 1 unspecified atom stereocenters. The zero-order chi connectivity index (χ0) is 13.3. The van der Waals surface area contributed by atoms with Crippen LogP contribution in [0.5, 0.6) is 0 Å². The van der Waals surface area contributed by atoms with E-state index < -0.39 is 0 Å². The second kappa shape index (κ2) is 4.89. The van der Waals surface area contributed by atoms with Gasteiger partial charge in [-0.25, -0.2) is 4.98 Å². The van der Waals surface area contributed by atoms with E-state index in [0.717, 1.165) is 15.6 Å². The van der Waals surface area contributed by atoms with Crippen molar-refractivity contribution < 1.29 is 4.79 Å². The molecule has 0 aliphatic carbocycles. The lowest BCUT2D eigenvalue weighted by molar-refractivity contribution is 0.0934. The first-order valence-electron chi connectivity index (χ1n) is 5.72. The van der Waals surface area contributed by atoms with E-state index >= 15 is 0 Å². The Balaban J connectivity index is 2.10. The van der Waals surface area contributed by atoms with Crippen LogP contribution in [0.2, 0.25) is 0 Å². The molecule has 0 radical (unpaired) electrons. The average molecular weight is 264 g/mol. The van der Waals surface area contributed by atoms with E-state index in [0.29, 0.717) is 5.69 Å². The third-order valence-corrected chi connectivity index (χ3v) is 3.88. The summed E-state index contributed by atoms with van der Waals surface area (Å²) in [5.41, 5.74) is 1.41. The normalized spacial score (nSPS) is 12.4. The van der Waals surface area contributed by atoms with E-state index in [4.69, 9.17) is 0 Å². The molecule has 0 saturated heterocycles. The van der Waals surface area contributed by atoms with E-state index in [1.54, 1.807) is 35.3 Å². The lowest BCUT2D eigenvalue weighted by atomic mass is 10.2. The third-order valence-electron chi connectivity index (χ3n) is 2.63. The molecule has 2 heterocycles. The van der Waals surface area contributed by atoms with Crippen LogP contribution >= 0.6 is 11.3 Å². The summed E-state index contributed by atoms with van der Waals surface area (Å²) in [5, 5.41) is 8.03. The first kappa shape index (κ1) is 12.8. The van der Waals surface area contributed by atoms with Crippen LogP contribution < -0.4 is 5.32 Å². The van der Waals surface area contributed by atoms with Gasteiger partial charge in [-0.15, -0.1) is 11.3 Å². The van der Waals surface area contributed by atoms with Gasteiger partial charge >= 0.3 is 0 Å². The van der Waals surface area contributed by atoms with Crippen molar-refractivity contribution in [1.82, 2.24) is 20.1 Å². The van der Waals surface area contributed by atoms with Crippen LogP contribution in [-0.4, -0.2) is 20.7 Å². The van der Waals surface area contributed by atoms with Crippen molar-refractivity contribution in [3.8, 4) is 0 Å². The minimum atomic E-state index is -0.159. The SMILES string of the molecule is Cc1nc(C)c(C(C)NC(=O)c2ccn(C)n2)s1. The average Bonchev–Trinajstić information content (AvgIpc) is 2.84. The Morgan fingerprint density at radius 1 is 1.50 bits per heavy atom. The van der Waals surface area contributed by atoms with Gasteiger partial charge in [-0.1, -0.05) is 0 Å². The van der Waals surface area contributed by atoms with Gasteiger partial charge in [0, 0.05) is 18.1 Å². The molecule has 2 aromatic rings. The lowest BCUT2D eigenvalue weighted by Crippen LogP contribution is -2.27. The van der Waals surface area contributed by atoms with Gasteiger partial charge in [0.25, 0.3) is 5.91 Å². The van der Waals surface area contributed by atoms with Gasteiger partial charge in [0.05, 0.1) is 16.7 Å². The Hall–Kier alpha value is -1.69. The number of rotatable bonds is 3. The van der Waals surface area contributed by atoms with E-state index in [2.05, 4.69) is 15.4 Å². The number of carbonyl (C=O) groups excluding carboxylic acids is 1. The topological polar surface area (TPSA) is 59.8 Å². The van der Waals surface area contributed by atoms with Crippen molar-refractivity contribution in [3.05, 3.63) is 33.5 Å². The molecule has 2 rings (SSSR count). The molecule has 6 heteroatoms. The van der Waals surface area contributed by atoms with Crippen molar-refractivity contribution in [2.45, 2.75) is 26.8 Å². The van der Waals surface area contributed by atoms with E-state index in [1.807, 2.05) is 20.8 Å². The maximum Gasteiger partial charge on any atom is 0.272 e. The fraction of sp³-hybridized carbons (Fsp3) is 0.417. The summed E-state index contributed by atoms with van der Waals surface area (Å²) in [6, 6.07) is 1.65. The Morgan fingerprint density at radius 3 is 2.72 bits per heavy atom. The molecule has 1 amide bonds. The molecule has 18 heavy (non-hydrogen) atoms. The Morgan fingerprint density at radius 2 is 2.22 bits per heavy atom. The monoisotopic (exact) mass is 264 g/mol. The number of hydrogen-bond donors (Lipinski definition) is 1. The second-order valence-electron chi connectivity index (χ2n) is 4.25. The molecule has 0 fully saturated rings. The van der Waals surface area contributed by atoms with Crippen molar-refractivity contribution in [3.63, 3.8) is 0 Å². The molecule has 0 saturated carbocycles. The van der Waals surface area contributed by atoms with Crippen LogP contribution in [0.25, 0.3) is 0 Å². The van der Waals surface area contributed by atoms with Crippen molar-refractivity contribution in [1.29, 1.82) is 0 Å². The van der Waals surface area contributed by atoms with Crippen LogP contribution in [0, 0.1) is 13.8 Å². The molecule has 0 aliphatic rings. The quantitative estimate of drug-likeness (QED) is 0.922. The fourth-order valence-corrected chi connectivity index (χ4v) is 2.75. The smallest absolute Gasteiger partial charge is 0.272 e. The van der Waals surface area contributed by atoms with Crippen molar-refractivity contribution in [2.75, 3.05) is 0 Å². The molecular formula is C12H16N4OS. The van der Waals surface area contributed by atoms with E-state index in [1.165, 1.54) is 0 Å². The fourth-order valence-electron chi connectivity index (χ4n) is 1.82. The molecule has 0 bridgehead atoms. The van der Waals surface area contributed by atoms with Crippen LogP contribution in [0.15, 0.2) is 12.3 Å². The third kappa shape index (κ3) is 2.59. The van der Waals surface area contributed by atoms with E-state index in [-0.39, 0.29) is 11.9 Å². The summed E-state index contributed by atoms with van der Waals surface area (Å²) in [5.74, 6) is -0.159. The first-order valence-corrected chi connectivity index (χ1v) is 6.53. The molecule has 2 aromatic heterocycles. The minimum Gasteiger partial charge on any atom is -0.343 e. The number of aryl methyl sites for hydroxylation is 3. The maximum atomic E-state index is 12.0. The largest absolute Gasteiger partial charge is 0.343 e. The van der Waals surface area contributed by atoms with Gasteiger partial charge in [-0.2, -0.15) is 5.10 Å². The minimum absolute atomic E-state index is 0.0503.